The van der Waals surface area contributed by atoms with Crippen molar-refractivity contribution in [2.45, 2.75) is 13.0 Å². The molecule has 0 saturated carbocycles. The van der Waals surface area contributed by atoms with Crippen LogP contribution < -0.4 is 0 Å². The Morgan fingerprint density at radius 3 is 2.50 bits per heavy atom. The summed E-state index contributed by atoms with van der Waals surface area (Å²) in [5.41, 5.74) is 0. The van der Waals surface area contributed by atoms with E-state index < -0.39 is 6.04 Å². The van der Waals surface area contributed by atoms with Crippen LogP contribution in [0.1, 0.15) is 6.92 Å². The fraction of sp³-hybridized carbons (Fsp3) is 1.00. The molecule has 6 heavy (non-hydrogen) atoms. The second-order valence-corrected chi connectivity index (χ2v) is 1.14. The summed E-state index contributed by atoms with van der Waals surface area (Å²) >= 11 is 0. The first-order valence-corrected chi connectivity index (χ1v) is 1.74. The van der Waals surface area contributed by atoms with Crippen molar-refractivity contribution in [2.75, 3.05) is 6.61 Å². The smallest absolute Gasteiger partial charge is 0.112 e. The zero-order valence-corrected chi connectivity index (χ0v) is 3.59. The summed E-state index contributed by atoms with van der Waals surface area (Å²) in [4.78, 5) is 9.33. The highest BCUT2D eigenvalue weighted by molar-refractivity contribution is 4.51. The molecule has 0 aliphatic heterocycles. The highest BCUT2D eigenvalue weighted by Crippen LogP contribution is 1.80. The molecule has 0 heterocycles. The molecule has 0 radical (unpaired) electrons. The van der Waals surface area contributed by atoms with E-state index in [1.807, 2.05) is 0 Å². The van der Waals surface area contributed by atoms with Gasteiger partial charge in [0.25, 0.3) is 0 Å². The van der Waals surface area contributed by atoms with Gasteiger partial charge < -0.3 is 5.11 Å². The monoisotopic (exact) mass is 89.0 g/mol. The van der Waals surface area contributed by atoms with Crippen molar-refractivity contribution < 1.29 is 5.11 Å². The average Bonchev–Trinajstić information content (AvgIpc) is 1.65. The fourth-order valence-corrected chi connectivity index (χ4v) is 0.0333. The third-order valence-electron chi connectivity index (χ3n) is 0.444. The zero-order chi connectivity index (χ0) is 4.99. The van der Waals surface area contributed by atoms with Crippen LogP contribution in [0.15, 0.2) is 5.18 Å². The van der Waals surface area contributed by atoms with Crippen LogP contribution in [0.2, 0.25) is 0 Å². The lowest BCUT2D eigenvalue weighted by Crippen LogP contribution is -2.00. The van der Waals surface area contributed by atoms with E-state index >= 15 is 0 Å². The molecule has 1 N–H and O–H groups in total. The molecule has 0 saturated heterocycles. The second-order valence-electron chi connectivity index (χ2n) is 1.14. The maximum Gasteiger partial charge on any atom is 0.112 e. The molecule has 0 spiro atoms. The van der Waals surface area contributed by atoms with Crippen molar-refractivity contribution >= 4 is 0 Å². The topological polar surface area (TPSA) is 49.7 Å². The minimum Gasteiger partial charge on any atom is -0.394 e. The van der Waals surface area contributed by atoms with Crippen molar-refractivity contribution in [3.8, 4) is 0 Å². The normalized spacial score (nSPS) is 13.7. The zero-order valence-electron chi connectivity index (χ0n) is 3.59. The predicted molar refractivity (Wildman–Crippen MR) is 22.3 cm³/mol. The van der Waals surface area contributed by atoms with Crippen molar-refractivity contribution in [3.63, 3.8) is 0 Å². The Balaban J connectivity index is 2.96. The first-order valence-electron chi connectivity index (χ1n) is 1.74. The van der Waals surface area contributed by atoms with Gasteiger partial charge in [0.05, 0.1) is 6.61 Å². The van der Waals surface area contributed by atoms with Gasteiger partial charge in [-0.2, -0.15) is 4.91 Å². The Labute approximate surface area is 36.0 Å². The minimum absolute atomic E-state index is 0.149. The number of aliphatic hydroxyl groups excluding tert-OH is 1. The Morgan fingerprint density at radius 1 is 2.00 bits per heavy atom. The molecule has 0 aromatic rings. The van der Waals surface area contributed by atoms with Gasteiger partial charge in [0, 0.05) is 0 Å². The number of nitroso groups, excluding NO2 is 1. The molecule has 0 amide bonds. The van der Waals surface area contributed by atoms with Gasteiger partial charge in [0.1, 0.15) is 6.04 Å². The van der Waals surface area contributed by atoms with Crippen LogP contribution in [0.4, 0.5) is 0 Å². The standard InChI is InChI=1S/C3H7NO2/c1-3(2-5)4-6/h3,5H,2H2,1H3. The highest BCUT2D eigenvalue weighted by Gasteiger charge is 1.91. The Kier molecular flexibility index (Phi) is 2.58. The maximum absolute atomic E-state index is 9.33. The molecule has 3 nitrogen and oxygen atoms in total. The molecule has 0 aliphatic carbocycles. The Morgan fingerprint density at radius 2 is 2.50 bits per heavy atom. The van der Waals surface area contributed by atoms with E-state index in [1.54, 1.807) is 6.92 Å². The van der Waals surface area contributed by atoms with Crippen LogP contribution in [0, 0.1) is 4.91 Å². The van der Waals surface area contributed by atoms with Crippen LogP contribution in [0.25, 0.3) is 0 Å². The Bertz CT molecular complexity index is 46.1. The molecule has 36 valence electrons. The van der Waals surface area contributed by atoms with E-state index in [1.165, 1.54) is 0 Å². The van der Waals surface area contributed by atoms with Crippen molar-refractivity contribution in [2.24, 2.45) is 5.18 Å². The van der Waals surface area contributed by atoms with E-state index in [0.717, 1.165) is 0 Å². The van der Waals surface area contributed by atoms with Gasteiger partial charge in [-0.25, -0.2) is 0 Å². The lowest BCUT2D eigenvalue weighted by molar-refractivity contribution is 0.274. The third kappa shape index (κ3) is 1.84. The summed E-state index contributed by atoms with van der Waals surface area (Å²) < 4.78 is 0. The first-order chi connectivity index (χ1) is 2.81. The van der Waals surface area contributed by atoms with Crippen molar-refractivity contribution in [1.82, 2.24) is 0 Å². The predicted octanol–water partition coefficient (Wildman–Crippen LogP) is 0.134. The van der Waals surface area contributed by atoms with E-state index in [9.17, 15) is 4.91 Å². The van der Waals surface area contributed by atoms with E-state index in [-0.39, 0.29) is 6.61 Å². The van der Waals surface area contributed by atoms with E-state index in [2.05, 4.69) is 5.18 Å². The van der Waals surface area contributed by atoms with Gasteiger partial charge >= 0.3 is 0 Å². The average molecular weight is 89.1 g/mol. The van der Waals surface area contributed by atoms with Gasteiger partial charge in [-0.3, -0.25) is 0 Å². The first kappa shape index (κ1) is 5.56. The molecule has 1 atom stereocenters. The molecular formula is C3H7NO2. The van der Waals surface area contributed by atoms with Crippen molar-refractivity contribution in [3.05, 3.63) is 4.91 Å². The number of rotatable bonds is 2. The number of aliphatic hydroxyl groups is 1. The minimum atomic E-state index is -0.440. The molecular weight excluding hydrogens is 82.0 g/mol. The summed E-state index contributed by atoms with van der Waals surface area (Å²) in [6, 6.07) is -0.440. The molecule has 0 bridgehead atoms. The van der Waals surface area contributed by atoms with Crippen LogP contribution in [0.3, 0.4) is 0 Å². The van der Waals surface area contributed by atoms with Crippen LogP contribution in [-0.4, -0.2) is 17.8 Å². The van der Waals surface area contributed by atoms with Gasteiger partial charge in [-0.05, 0) is 6.92 Å². The van der Waals surface area contributed by atoms with E-state index in [0.29, 0.717) is 0 Å². The molecule has 0 aromatic heterocycles. The van der Waals surface area contributed by atoms with Gasteiger partial charge in [-0.15, -0.1) is 0 Å². The SMILES string of the molecule is CC(CO)N=O. The van der Waals surface area contributed by atoms with Crippen LogP contribution >= 0.6 is 0 Å². The fourth-order valence-electron chi connectivity index (χ4n) is 0.0333. The lowest BCUT2D eigenvalue weighted by atomic mass is 10.4. The number of hydrogen-bond acceptors (Lipinski definition) is 3. The largest absolute Gasteiger partial charge is 0.394 e. The van der Waals surface area contributed by atoms with Gasteiger partial charge in [0.2, 0.25) is 0 Å². The van der Waals surface area contributed by atoms with Crippen LogP contribution in [-0.2, 0) is 0 Å². The molecule has 1 unspecified atom stereocenters. The summed E-state index contributed by atoms with van der Waals surface area (Å²) in [7, 11) is 0. The van der Waals surface area contributed by atoms with Gasteiger partial charge in [0.15, 0.2) is 0 Å². The third-order valence-corrected chi connectivity index (χ3v) is 0.444. The summed E-state index contributed by atoms with van der Waals surface area (Å²) in [6.07, 6.45) is 0. The lowest BCUT2D eigenvalue weighted by Gasteiger charge is -1.88. The van der Waals surface area contributed by atoms with E-state index in [4.69, 9.17) is 5.11 Å². The quantitative estimate of drug-likeness (QED) is 0.489. The van der Waals surface area contributed by atoms with Crippen molar-refractivity contribution in [1.29, 1.82) is 0 Å². The molecule has 0 aliphatic rings. The maximum atomic E-state index is 9.33. The Hall–Kier alpha value is -0.440. The molecule has 0 aromatic carbocycles. The summed E-state index contributed by atoms with van der Waals surface area (Å²) in [6.45, 7) is 1.40. The summed E-state index contributed by atoms with van der Waals surface area (Å²) in [5.74, 6) is 0. The van der Waals surface area contributed by atoms with Crippen LogP contribution in [0.5, 0.6) is 0 Å². The summed E-state index contributed by atoms with van der Waals surface area (Å²) in [5, 5.41) is 10.5. The highest BCUT2D eigenvalue weighted by atomic mass is 16.3. The number of nitrogens with zero attached hydrogens (tertiary/aromatic N) is 1. The number of hydrogen-bond donors (Lipinski definition) is 1. The van der Waals surface area contributed by atoms with Gasteiger partial charge in [-0.1, -0.05) is 5.18 Å². The molecule has 0 rings (SSSR count). The molecule has 3 heteroatoms. The second kappa shape index (κ2) is 2.78. The molecule has 0 fully saturated rings.